The van der Waals surface area contributed by atoms with Gasteiger partial charge < -0.3 is 4.89 Å². The zero-order chi connectivity index (χ0) is 24.3. The van der Waals surface area contributed by atoms with Crippen molar-refractivity contribution in [3.8, 4) is 0 Å². The van der Waals surface area contributed by atoms with Crippen LogP contribution in [0.1, 0.15) is 47.4 Å². The van der Waals surface area contributed by atoms with Crippen molar-refractivity contribution < 1.29 is 35.8 Å². The predicted octanol–water partition coefficient (Wildman–Crippen LogP) is 5.36. The number of H-pyrrole nitrogens is 2. The molecule has 4 rings (SSSR count). The Balaban J connectivity index is 1.85. The van der Waals surface area contributed by atoms with Gasteiger partial charge in [-0.3, -0.25) is 14.8 Å². The molecule has 2 aromatic heterocycles. The average Bonchev–Trinajstić information content (AvgIpc) is 3.38. The molecule has 33 heavy (non-hydrogen) atoms. The molecule has 4 aromatic rings. The van der Waals surface area contributed by atoms with Gasteiger partial charge in [-0.25, -0.2) is 0 Å². The van der Waals surface area contributed by atoms with Gasteiger partial charge in [0.2, 0.25) is 7.37 Å². The number of aromatic nitrogens is 6. The minimum absolute atomic E-state index is 0.0485. The van der Waals surface area contributed by atoms with Gasteiger partial charge in [0.1, 0.15) is 11.0 Å². The van der Waals surface area contributed by atoms with Gasteiger partial charge in [-0.15, -0.1) is 10.2 Å². The van der Waals surface area contributed by atoms with Crippen molar-refractivity contribution in [3.05, 3.63) is 46.5 Å². The van der Waals surface area contributed by atoms with Crippen LogP contribution < -0.4 is 0 Å². The molecule has 0 saturated carbocycles. The lowest BCUT2D eigenvalue weighted by molar-refractivity contribution is -0.138. The molecule has 2 aromatic carbocycles. The lowest BCUT2D eigenvalue weighted by atomic mass is 10.1. The number of rotatable bonds is 4. The van der Waals surface area contributed by atoms with Crippen LogP contribution >= 0.6 is 7.37 Å². The molecule has 2 unspecified atom stereocenters. The molecule has 0 bridgehead atoms. The van der Waals surface area contributed by atoms with Gasteiger partial charge in [-0.05, 0) is 49.2 Å². The Hall–Kier alpha value is -2.99. The lowest BCUT2D eigenvalue weighted by Gasteiger charge is -2.27. The monoisotopic (exact) mass is 492 g/mol. The topological polar surface area (TPSA) is 120 Å². The first kappa shape index (κ1) is 23.2. The van der Waals surface area contributed by atoms with E-state index in [1.54, 1.807) is 0 Å². The van der Waals surface area contributed by atoms with E-state index in [4.69, 9.17) is 0 Å². The molecule has 0 aliphatic heterocycles. The van der Waals surface area contributed by atoms with Crippen molar-refractivity contribution in [2.24, 2.45) is 0 Å². The van der Waals surface area contributed by atoms with Gasteiger partial charge >= 0.3 is 12.4 Å². The van der Waals surface area contributed by atoms with Crippen LogP contribution in [0.5, 0.6) is 0 Å². The number of hydrogen-bond donors (Lipinski definition) is 3. The summed E-state index contributed by atoms with van der Waals surface area (Å²) < 4.78 is 93.8. The molecule has 0 saturated heterocycles. The number of hydrogen-bond acceptors (Lipinski definition) is 5. The van der Waals surface area contributed by atoms with Gasteiger partial charge in [0, 0.05) is 0 Å². The van der Waals surface area contributed by atoms with Crippen molar-refractivity contribution in [2.45, 2.75) is 37.5 Å². The molecule has 0 fully saturated rings. The van der Waals surface area contributed by atoms with E-state index in [1.807, 2.05) is 0 Å². The smallest absolute Gasteiger partial charge is 0.343 e. The molecule has 0 radical (unpaired) electrons. The minimum Gasteiger partial charge on any atom is -0.343 e. The van der Waals surface area contributed by atoms with Crippen molar-refractivity contribution >= 4 is 29.4 Å². The van der Waals surface area contributed by atoms with Gasteiger partial charge in [0.25, 0.3) is 0 Å². The second-order valence-corrected chi connectivity index (χ2v) is 10.5. The standard InChI is InChI=1S/C18H15F6N6O2P/c1-7(11-3-9(17(19,20)21)5-13-15(11)27-29-25-13)33(31,32)8(2)12-4-10(18(22,23)24)6-14-16(12)28-30-26-14/h3-8H,1-2H3,(H,31,32)(H,25,27,29)(H,26,28,30). The number of nitrogens with zero attached hydrogens (tertiary/aromatic N) is 4. The molecule has 3 N–H and O–H groups in total. The molecule has 2 atom stereocenters. The zero-order valence-electron chi connectivity index (χ0n) is 16.8. The molecular formula is C18H15F6N6O2P. The fourth-order valence-electron chi connectivity index (χ4n) is 3.66. The SMILES string of the molecule is CC(c1cc(C(F)(F)F)cc2[nH]nnc12)P(=O)(O)C(C)c1cc(C(F)(F)F)cc2[nH]nnc12. The number of fused-ring (bicyclic) bond motifs is 2. The van der Waals surface area contributed by atoms with Gasteiger partial charge in [-0.1, -0.05) is 10.4 Å². The first-order valence-corrected chi connectivity index (χ1v) is 11.2. The highest BCUT2D eigenvalue weighted by Gasteiger charge is 2.41. The van der Waals surface area contributed by atoms with E-state index in [2.05, 4.69) is 30.8 Å². The van der Waals surface area contributed by atoms with Crippen molar-refractivity contribution in [1.29, 1.82) is 0 Å². The van der Waals surface area contributed by atoms with E-state index in [-0.39, 0.29) is 33.2 Å². The van der Waals surface area contributed by atoms with Crippen molar-refractivity contribution in [1.82, 2.24) is 30.8 Å². The Kier molecular flexibility index (Phi) is 5.28. The summed E-state index contributed by atoms with van der Waals surface area (Å²) in [6.07, 6.45) is -9.51. The van der Waals surface area contributed by atoms with Crippen molar-refractivity contribution in [2.75, 3.05) is 0 Å². The van der Waals surface area contributed by atoms with E-state index in [0.717, 1.165) is 12.1 Å². The highest BCUT2D eigenvalue weighted by Crippen LogP contribution is 2.66. The number of halogens is 6. The molecule has 2 heterocycles. The van der Waals surface area contributed by atoms with E-state index in [0.29, 0.717) is 12.1 Å². The Labute approximate surface area is 180 Å². The van der Waals surface area contributed by atoms with Crippen LogP contribution in [0.3, 0.4) is 0 Å². The summed E-state index contributed by atoms with van der Waals surface area (Å²) in [7, 11) is -4.52. The summed E-state index contributed by atoms with van der Waals surface area (Å²) in [6.45, 7) is 2.43. The molecule has 176 valence electrons. The average molecular weight is 492 g/mol. The summed E-state index contributed by atoms with van der Waals surface area (Å²) in [4.78, 5) is 11.0. The van der Waals surface area contributed by atoms with Crippen LogP contribution in [0.15, 0.2) is 24.3 Å². The summed E-state index contributed by atoms with van der Waals surface area (Å²) in [5.41, 5.74) is -5.76. The fraction of sp³-hybridized carbons (Fsp3) is 0.333. The summed E-state index contributed by atoms with van der Waals surface area (Å²) in [5, 5.41) is 19.0. The molecular weight excluding hydrogens is 477 g/mol. The highest BCUT2D eigenvalue weighted by atomic mass is 31.2. The first-order valence-electron chi connectivity index (χ1n) is 9.37. The largest absolute Gasteiger partial charge is 0.416 e. The molecule has 0 aliphatic rings. The zero-order valence-corrected chi connectivity index (χ0v) is 17.7. The maximum Gasteiger partial charge on any atom is 0.416 e. The minimum atomic E-state index is -4.76. The second kappa shape index (κ2) is 7.52. The Morgan fingerprint density at radius 1 is 0.788 bits per heavy atom. The summed E-state index contributed by atoms with van der Waals surface area (Å²) in [5.74, 6) is 0. The number of nitrogens with one attached hydrogen (secondary N) is 2. The van der Waals surface area contributed by atoms with Crippen LogP contribution in [0.25, 0.3) is 22.1 Å². The Bertz CT molecular complexity index is 1290. The van der Waals surface area contributed by atoms with Crippen LogP contribution in [0.2, 0.25) is 0 Å². The van der Waals surface area contributed by atoms with Crippen LogP contribution in [0.4, 0.5) is 26.3 Å². The molecule has 15 heteroatoms. The third-order valence-corrected chi connectivity index (χ3v) is 8.36. The van der Waals surface area contributed by atoms with E-state index in [9.17, 15) is 35.8 Å². The maximum atomic E-state index is 13.5. The lowest BCUT2D eigenvalue weighted by Crippen LogP contribution is -2.10. The highest BCUT2D eigenvalue weighted by molar-refractivity contribution is 7.58. The fourth-order valence-corrected chi connectivity index (χ4v) is 5.53. The van der Waals surface area contributed by atoms with Crippen molar-refractivity contribution in [3.63, 3.8) is 0 Å². The van der Waals surface area contributed by atoms with Gasteiger partial charge in [0.05, 0.1) is 33.5 Å². The third kappa shape index (κ3) is 3.97. The Morgan fingerprint density at radius 2 is 1.15 bits per heavy atom. The maximum absolute atomic E-state index is 13.5. The first-order chi connectivity index (χ1) is 15.2. The van der Waals surface area contributed by atoms with E-state index >= 15 is 0 Å². The third-order valence-electron chi connectivity index (χ3n) is 5.58. The second-order valence-electron chi connectivity index (χ2n) is 7.57. The van der Waals surface area contributed by atoms with E-state index in [1.165, 1.54) is 13.8 Å². The number of aromatic amines is 2. The molecule has 0 aliphatic carbocycles. The van der Waals surface area contributed by atoms with Crippen LogP contribution in [0, 0.1) is 0 Å². The number of benzene rings is 2. The number of alkyl halides is 6. The Morgan fingerprint density at radius 3 is 1.48 bits per heavy atom. The summed E-state index contributed by atoms with van der Waals surface area (Å²) >= 11 is 0. The molecule has 0 amide bonds. The van der Waals surface area contributed by atoms with Crippen LogP contribution in [-0.2, 0) is 16.9 Å². The van der Waals surface area contributed by atoms with E-state index < -0.39 is 42.2 Å². The van der Waals surface area contributed by atoms with Gasteiger partial charge in [0.15, 0.2) is 0 Å². The van der Waals surface area contributed by atoms with Crippen LogP contribution in [-0.4, -0.2) is 35.7 Å². The molecule has 0 spiro atoms. The molecule has 8 nitrogen and oxygen atoms in total. The normalized spacial score (nSPS) is 16.8. The summed E-state index contributed by atoms with van der Waals surface area (Å²) in [6, 6.07) is 2.93. The predicted molar refractivity (Wildman–Crippen MR) is 104 cm³/mol. The van der Waals surface area contributed by atoms with Gasteiger partial charge in [-0.2, -0.15) is 26.3 Å². The quantitative estimate of drug-likeness (QED) is 0.261.